The number of aromatic nitrogens is 1. The predicted molar refractivity (Wildman–Crippen MR) is 82.8 cm³/mol. The fourth-order valence-electron chi connectivity index (χ4n) is 2.22. The van der Waals surface area contributed by atoms with Gasteiger partial charge in [0.15, 0.2) is 0 Å². The van der Waals surface area contributed by atoms with Gasteiger partial charge in [0.05, 0.1) is 18.2 Å². The van der Waals surface area contributed by atoms with Crippen molar-refractivity contribution in [2.24, 2.45) is 0 Å². The normalized spacial score (nSPS) is 15.3. The molecule has 0 atom stereocenters. The van der Waals surface area contributed by atoms with Crippen LogP contribution in [0.1, 0.15) is 0 Å². The number of rotatable bonds is 6. The fraction of sp³-hybridized carbons (Fsp3) is 0.571. The average Bonchev–Trinajstić information content (AvgIpc) is 2.52. The molecule has 7 heteroatoms. The molecule has 0 saturated carbocycles. The number of methoxy groups -OCH3 is 1. The van der Waals surface area contributed by atoms with Crippen LogP contribution in [0, 0.1) is 0 Å². The van der Waals surface area contributed by atoms with Crippen LogP contribution in [0.4, 0.5) is 5.82 Å². The summed E-state index contributed by atoms with van der Waals surface area (Å²) in [5, 5.41) is 3.71. The summed E-state index contributed by atoms with van der Waals surface area (Å²) in [7, 11) is 1.65. The van der Waals surface area contributed by atoms with E-state index >= 15 is 0 Å². The highest BCUT2D eigenvalue weighted by Gasteiger charge is 2.21. The molecular formula is C14H21ClN4O2. The van der Waals surface area contributed by atoms with Crippen LogP contribution < -0.4 is 10.2 Å². The minimum atomic E-state index is 0.134. The van der Waals surface area contributed by atoms with Gasteiger partial charge in [-0.2, -0.15) is 0 Å². The predicted octanol–water partition coefficient (Wildman–Crippen LogP) is 0.620. The maximum Gasteiger partial charge on any atom is 0.236 e. The third-order valence-electron chi connectivity index (χ3n) is 3.43. The van der Waals surface area contributed by atoms with Gasteiger partial charge in [0.25, 0.3) is 0 Å². The minimum absolute atomic E-state index is 0.134. The van der Waals surface area contributed by atoms with Crippen molar-refractivity contribution < 1.29 is 9.53 Å². The fourth-order valence-corrected chi connectivity index (χ4v) is 2.33. The number of hydrogen-bond donors (Lipinski definition) is 1. The van der Waals surface area contributed by atoms with E-state index in [-0.39, 0.29) is 5.91 Å². The Balaban J connectivity index is 1.75. The lowest BCUT2D eigenvalue weighted by Crippen LogP contribution is -2.51. The SMILES string of the molecule is COCCNCC(=O)N1CCN(c2ccc(Cl)cn2)CC1. The molecule has 1 aromatic heterocycles. The first kappa shape index (κ1) is 16.0. The van der Waals surface area contributed by atoms with Crippen molar-refractivity contribution in [2.75, 3.05) is 57.9 Å². The number of nitrogens with zero attached hydrogens (tertiary/aromatic N) is 3. The Hall–Kier alpha value is -1.37. The zero-order chi connectivity index (χ0) is 15.1. The molecule has 0 bridgehead atoms. The summed E-state index contributed by atoms with van der Waals surface area (Å²) in [5.41, 5.74) is 0. The number of ether oxygens (including phenoxy) is 1. The van der Waals surface area contributed by atoms with E-state index in [1.165, 1.54) is 0 Å². The number of hydrogen-bond acceptors (Lipinski definition) is 5. The zero-order valence-electron chi connectivity index (χ0n) is 12.2. The highest BCUT2D eigenvalue weighted by molar-refractivity contribution is 6.30. The molecule has 0 aromatic carbocycles. The van der Waals surface area contributed by atoms with Crippen LogP contribution in [0.3, 0.4) is 0 Å². The average molecular weight is 313 g/mol. The molecular weight excluding hydrogens is 292 g/mol. The van der Waals surface area contributed by atoms with Gasteiger partial charge in [0.2, 0.25) is 5.91 Å². The molecule has 1 N–H and O–H groups in total. The number of carbonyl (C=O) groups is 1. The first-order chi connectivity index (χ1) is 10.2. The topological polar surface area (TPSA) is 57.7 Å². The van der Waals surface area contributed by atoms with E-state index in [0.717, 1.165) is 32.0 Å². The van der Waals surface area contributed by atoms with E-state index < -0.39 is 0 Å². The Labute approximate surface area is 130 Å². The number of halogens is 1. The molecule has 6 nitrogen and oxygen atoms in total. The van der Waals surface area contributed by atoms with Crippen LogP contribution in [0.25, 0.3) is 0 Å². The van der Waals surface area contributed by atoms with E-state index in [0.29, 0.717) is 24.7 Å². The summed E-state index contributed by atoms with van der Waals surface area (Å²) >= 11 is 5.84. The number of nitrogens with one attached hydrogen (secondary N) is 1. The number of pyridine rings is 1. The highest BCUT2D eigenvalue weighted by atomic mass is 35.5. The van der Waals surface area contributed by atoms with Crippen LogP contribution in [0.5, 0.6) is 0 Å². The van der Waals surface area contributed by atoms with E-state index in [1.54, 1.807) is 13.3 Å². The Morgan fingerprint density at radius 2 is 2.14 bits per heavy atom. The van der Waals surface area contributed by atoms with Gasteiger partial charge in [-0.3, -0.25) is 4.79 Å². The molecule has 1 aliphatic rings. The van der Waals surface area contributed by atoms with Gasteiger partial charge in [-0.1, -0.05) is 11.6 Å². The third kappa shape index (κ3) is 4.84. The summed E-state index contributed by atoms with van der Waals surface area (Å²) in [6.07, 6.45) is 1.65. The molecule has 1 aliphatic heterocycles. The molecule has 1 amide bonds. The van der Waals surface area contributed by atoms with Crippen LogP contribution in [0.15, 0.2) is 18.3 Å². The Bertz CT molecular complexity index is 447. The number of carbonyl (C=O) groups excluding carboxylic acids is 1. The maximum absolute atomic E-state index is 12.0. The van der Waals surface area contributed by atoms with Gasteiger partial charge in [-0.05, 0) is 12.1 Å². The minimum Gasteiger partial charge on any atom is -0.383 e. The number of anilines is 1. The quantitative estimate of drug-likeness (QED) is 0.780. The summed E-state index contributed by atoms with van der Waals surface area (Å²) in [6, 6.07) is 3.74. The molecule has 116 valence electrons. The lowest BCUT2D eigenvalue weighted by atomic mass is 10.3. The molecule has 1 fully saturated rings. The van der Waals surface area contributed by atoms with Gasteiger partial charge in [-0.15, -0.1) is 0 Å². The highest BCUT2D eigenvalue weighted by Crippen LogP contribution is 2.16. The first-order valence-electron chi connectivity index (χ1n) is 7.04. The van der Waals surface area contributed by atoms with Gasteiger partial charge < -0.3 is 19.9 Å². The van der Waals surface area contributed by atoms with Crippen LogP contribution in [-0.2, 0) is 9.53 Å². The monoisotopic (exact) mass is 312 g/mol. The summed E-state index contributed by atoms with van der Waals surface area (Å²) < 4.78 is 4.93. The molecule has 21 heavy (non-hydrogen) atoms. The van der Waals surface area contributed by atoms with Crippen molar-refractivity contribution in [2.45, 2.75) is 0 Å². The summed E-state index contributed by atoms with van der Waals surface area (Å²) in [6.45, 7) is 4.68. The Morgan fingerprint density at radius 3 is 2.76 bits per heavy atom. The van der Waals surface area contributed by atoms with Crippen molar-refractivity contribution in [1.29, 1.82) is 0 Å². The van der Waals surface area contributed by atoms with Crippen LogP contribution >= 0.6 is 11.6 Å². The maximum atomic E-state index is 12.0. The number of amides is 1. The summed E-state index contributed by atoms with van der Waals surface area (Å²) in [5.74, 6) is 1.04. The van der Waals surface area contributed by atoms with Gasteiger partial charge in [0, 0.05) is 46.0 Å². The van der Waals surface area contributed by atoms with E-state index in [4.69, 9.17) is 16.3 Å². The molecule has 1 saturated heterocycles. The second kappa shape index (κ2) is 8.17. The zero-order valence-corrected chi connectivity index (χ0v) is 13.0. The van der Waals surface area contributed by atoms with Gasteiger partial charge in [0.1, 0.15) is 5.82 Å². The molecule has 2 heterocycles. The summed E-state index contributed by atoms with van der Waals surface area (Å²) in [4.78, 5) is 20.4. The molecule has 0 aliphatic carbocycles. The second-order valence-corrected chi connectivity index (χ2v) is 5.31. The smallest absolute Gasteiger partial charge is 0.236 e. The van der Waals surface area contributed by atoms with Crippen molar-refractivity contribution in [3.05, 3.63) is 23.4 Å². The molecule has 0 spiro atoms. The standard InChI is InChI=1S/C14H21ClN4O2/c1-21-9-4-16-11-14(20)19-7-5-18(6-8-19)13-3-2-12(15)10-17-13/h2-3,10,16H,4-9,11H2,1H3. The van der Waals surface area contributed by atoms with Crippen molar-refractivity contribution in [1.82, 2.24) is 15.2 Å². The lowest BCUT2D eigenvalue weighted by Gasteiger charge is -2.35. The van der Waals surface area contributed by atoms with E-state index in [2.05, 4.69) is 15.2 Å². The van der Waals surface area contributed by atoms with Crippen LogP contribution in [0.2, 0.25) is 5.02 Å². The van der Waals surface area contributed by atoms with Crippen LogP contribution in [-0.4, -0.2) is 68.8 Å². The molecule has 0 unspecified atom stereocenters. The van der Waals surface area contributed by atoms with E-state index in [9.17, 15) is 4.79 Å². The van der Waals surface area contributed by atoms with Crippen molar-refractivity contribution in [3.63, 3.8) is 0 Å². The number of piperazine rings is 1. The Kier molecular flexibility index (Phi) is 6.22. The molecule has 1 aromatic rings. The first-order valence-corrected chi connectivity index (χ1v) is 7.42. The van der Waals surface area contributed by atoms with Gasteiger partial charge in [-0.25, -0.2) is 4.98 Å². The van der Waals surface area contributed by atoms with Gasteiger partial charge >= 0.3 is 0 Å². The third-order valence-corrected chi connectivity index (χ3v) is 3.65. The molecule has 0 radical (unpaired) electrons. The van der Waals surface area contributed by atoms with E-state index in [1.807, 2.05) is 17.0 Å². The van der Waals surface area contributed by atoms with Crippen molar-refractivity contribution >= 4 is 23.3 Å². The Morgan fingerprint density at radius 1 is 1.38 bits per heavy atom. The largest absolute Gasteiger partial charge is 0.383 e. The molecule has 2 rings (SSSR count). The lowest BCUT2D eigenvalue weighted by molar-refractivity contribution is -0.130. The second-order valence-electron chi connectivity index (χ2n) is 4.87. The van der Waals surface area contributed by atoms with Crippen molar-refractivity contribution in [3.8, 4) is 0 Å².